The van der Waals surface area contributed by atoms with Gasteiger partial charge < -0.3 is 10.6 Å². The van der Waals surface area contributed by atoms with Crippen LogP contribution in [0.2, 0.25) is 0 Å². The summed E-state index contributed by atoms with van der Waals surface area (Å²) in [5.41, 5.74) is 7.72. The lowest BCUT2D eigenvalue weighted by atomic mass is 9.95. The Morgan fingerprint density at radius 3 is 1.60 bits per heavy atom. The minimum Gasteiger partial charge on any atom is -0.353 e. The molecule has 2 aliphatic rings. The first kappa shape index (κ1) is 30.7. The molecule has 2 heterocycles. The topological polar surface area (TPSA) is 92.3 Å². The molecule has 2 aliphatic heterocycles. The Hall–Kier alpha value is -4.96. The highest BCUT2D eigenvalue weighted by molar-refractivity contribution is 7.92. The molecule has 0 fully saturated rings. The van der Waals surface area contributed by atoms with Crippen LogP contribution in [0.1, 0.15) is 11.1 Å². The molecule has 0 unspecified atom stereocenters. The number of hydrogen-bond donors (Lipinski definition) is 2. The van der Waals surface area contributed by atoms with Crippen LogP contribution < -0.4 is 15.8 Å². The third-order valence-electron chi connectivity index (χ3n) is 8.60. The average Bonchev–Trinajstić information content (AvgIpc) is 3.09. The summed E-state index contributed by atoms with van der Waals surface area (Å²) in [7, 11) is -3.52. The predicted octanol–water partition coefficient (Wildman–Crippen LogP) is 7.90. The van der Waals surface area contributed by atoms with Gasteiger partial charge in [-0.1, -0.05) is 97.1 Å². The van der Waals surface area contributed by atoms with E-state index in [0.717, 1.165) is 38.6 Å². The molecule has 0 saturated carbocycles. The molecule has 9 heteroatoms. The molecule has 8 rings (SSSR count). The molecule has 0 bridgehead atoms. The summed E-state index contributed by atoms with van der Waals surface area (Å²) in [6.45, 7) is 3.97. The van der Waals surface area contributed by atoms with Crippen LogP contribution in [0.3, 0.4) is 0 Å². The smallest absolute Gasteiger partial charge is 0.211 e. The van der Waals surface area contributed by atoms with Gasteiger partial charge in [-0.15, -0.1) is 0 Å². The van der Waals surface area contributed by atoms with E-state index in [1.54, 1.807) is 42.5 Å². The summed E-state index contributed by atoms with van der Waals surface area (Å²) in [6.07, 6.45) is 0. The van der Waals surface area contributed by atoms with E-state index in [0.29, 0.717) is 42.3 Å². The van der Waals surface area contributed by atoms with E-state index >= 15 is 0 Å². The maximum absolute atomic E-state index is 13.4. The summed E-state index contributed by atoms with van der Waals surface area (Å²) in [5, 5.41) is 7.32. The Morgan fingerprint density at radius 1 is 0.489 bits per heavy atom. The monoisotopic (exact) mass is 669 g/mol. The van der Waals surface area contributed by atoms with Crippen molar-refractivity contribution in [2.75, 3.05) is 10.6 Å². The number of anilines is 4. The van der Waals surface area contributed by atoms with Gasteiger partial charge >= 0.3 is 0 Å². The number of hydrogen-bond acceptors (Lipinski definition) is 6. The highest BCUT2D eigenvalue weighted by Crippen LogP contribution is 2.46. The average molecular weight is 670 g/mol. The van der Waals surface area contributed by atoms with Crippen LogP contribution >= 0.6 is 0 Å². The highest BCUT2D eigenvalue weighted by Gasteiger charge is 2.35. The van der Waals surface area contributed by atoms with E-state index in [9.17, 15) is 16.8 Å². The summed E-state index contributed by atoms with van der Waals surface area (Å²) < 4.78 is 53.0. The lowest BCUT2D eigenvalue weighted by Crippen LogP contribution is -2.25. The molecule has 6 aromatic rings. The van der Waals surface area contributed by atoms with Gasteiger partial charge in [-0.25, -0.2) is 16.8 Å². The minimum absolute atomic E-state index is 0.314. The van der Waals surface area contributed by atoms with Crippen molar-refractivity contribution in [3.05, 3.63) is 139 Å². The lowest BCUT2D eigenvalue weighted by Gasteiger charge is -2.28. The quantitative estimate of drug-likeness (QED) is 0.182. The zero-order valence-corrected chi connectivity index (χ0v) is 28.2. The van der Waals surface area contributed by atoms with Crippen molar-refractivity contribution < 1.29 is 16.8 Å². The Kier molecular flexibility index (Phi) is 7.63. The second kappa shape index (κ2) is 11.7. The van der Waals surface area contributed by atoms with Crippen molar-refractivity contribution in [3.8, 4) is 22.3 Å². The number of fused-ring (bicyclic) bond motifs is 4. The van der Waals surface area contributed by atoms with Crippen molar-refractivity contribution in [2.45, 2.75) is 33.4 Å². The van der Waals surface area contributed by atoms with Crippen molar-refractivity contribution >= 4 is 57.9 Å². The number of para-hydroxylation sites is 2. The number of nitrogens with one attached hydrogen (secondary N) is 2. The molecule has 0 atom stereocenters. The second-order valence-electron chi connectivity index (χ2n) is 11.4. The first-order chi connectivity index (χ1) is 22.6. The van der Waals surface area contributed by atoms with Gasteiger partial charge in [0.15, 0.2) is 0 Å². The summed E-state index contributed by atoms with van der Waals surface area (Å²) >= 11 is 0. The standard InChI is InChI=1S/C20H16NO2SSi.C18H13NO2S/c1-12-13(2)20(25)18-19(17(12)14-8-4-3-5-9-14)24(22,23)16-11-7-6-10-15(16)21-18;20-22(21)17-12-5-4-10-15(17)19-16-11-6-9-14(18(16)22)13-7-2-1-3-8-13/h3-11,21H,1-2H3;1-12,19H. The van der Waals surface area contributed by atoms with E-state index in [-0.39, 0.29) is 0 Å². The first-order valence-corrected chi connectivity index (χ1v) is 18.4. The SMILES string of the molecule is Cc1c(C)c(-c2ccccc2)c2c(c1[Si])Nc1ccccc1S2(=O)=O.O=S1(=O)c2ccccc2Nc2cccc(-c3ccccc3)c21. The molecule has 0 aliphatic carbocycles. The minimum atomic E-state index is -3.64. The van der Waals surface area contributed by atoms with Crippen LogP contribution in [0.5, 0.6) is 0 Å². The van der Waals surface area contributed by atoms with Gasteiger partial charge in [0, 0.05) is 11.1 Å². The molecule has 0 saturated heterocycles. The number of benzene rings is 6. The summed E-state index contributed by atoms with van der Waals surface area (Å²) in [5.74, 6) is 0. The molecule has 0 spiro atoms. The van der Waals surface area contributed by atoms with E-state index in [2.05, 4.69) is 20.9 Å². The number of sulfone groups is 2. The summed E-state index contributed by atoms with van der Waals surface area (Å²) in [6, 6.07) is 38.8. The Labute approximate surface area is 278 Å². The number of rotatable bonds is 2. The fourth-order valence-electron chi connectivity index (χ4n) is 6.19. The lowest BCUT2D eigenvalue weighted by molar-refractivity contribution is 0.594. The van der Waals surface area contributed by atoms with Crippen LogP contribution in [-0.2, 0) is 19.7 Å². The molecule has 6 nitrogen and oxygen atoms in total. The second-order valence-corrected chi connectivity index (χ2v) is 15.6. The summed E-state index contributed by atoms with van der Waals surface area (Å²) in [4.78, 5) is 1.32. The van der Waals surface area contributed by atoms with Crippen molar-refractivity contribution in [1.29, 1.82) is 0 Å². The first-order valence-electron chi connectivity index (χ1n) is 15.0. The molecule has 0 aromatic heterocycles. The van der Waals surface area contributed by atoms with Crippen molar-refractivity contribution in [3.63, 3.8) is 0 Å². The van der Waals surface area contributed by atoms with Gasteiger partial charge in [-0.05, 0) is 71.6 Å². The third kappa shape index (κ3) is 5.07. The molecule has 3 radical (unpaired) electrons. The molecule has 2 N–H and O–H groups in total. The Bertz CT molecular complexity index is 2410. The zero-order valence-electron chi connectivity index (χ0n) is 25.6. The fourth-order valence-corrected chi connectivity index (χ4v) is 10.3. The molecule has 6 aromatic carbocycles. The predicted molar refractivity (Wildman–Crippen MR) is 189 cm³/mol. The Morgan fingerprint density at radius 2 is 0.979 bits per heavy atom. The maximum atomic E-state index is 13.4. The highest BCUT2D eigenvalue weighted by atomic mass is 32.2. The van der Waals surface area contributed by atoms with Crippen LogP contribution in [-0.4, -0.2) is 27.1 Å². The van der Waals surface area contributed by atoms with Crippen LogP contribution in [0.25, 0.3) is 22.3 Å². The van der Waals surface area contributed by atoms with Crippen LogP contribution in [0.15, 0.2) is 147 Å². The van der Waals surface area contributed by atoms with Crippen LogP contribution in [0.4, 0.5) is 22.7 Å². The van der Waals surface area contributed by atoms with Crippen molar-refractivity contribution in [1.82, 2.24) is 0 Å². The molecular weight excluding hydrogens is 641 g/mol. The largest absolute Gasteiger partial charge is 0.353 e. The van der Waals surface area contributed by atoms with Gasteiger partial charge in [0.25, 0.3) is 0 Å². The molecular formula is C38H29N2O4S2Si. The van der Waals surface area contributed by atoms with E-state index < -0.39 is 19.7 Å². The molecule has 231 valence electrons. The zero-order chi connectivity index (χ0) is 32.9. The normalized spacial score (nSPS) is 14.4. The van der Waals surface area contributed by atoms with Gasteiger partial charge in [0.05, 0.1) is 42.8 Å². The fraction of sp³-hybridized carbons (Fsp3) is 0.0526. The van der Waals surface area contributed by atoms with Crippen LogP contribution in [0, 0.1) is 13.8 Å². The maximum Gasteiger partial charge on any atom is 0.211 e. The van der Waals surface area contributed by atoms with Gasteiger partial charge in [-0.2, -0.15) is 0 Å². The van der Waals surface area contributed by atoms with Gasteiger partial charge in [-0.3, -0.25) is 0 Å². The molecule has 0 amide bonds. The van der Waals surface area contributed by atoms with E-state index in [4.69, 9.17) is 0 Å². The van der Waals surface area contributed by atoms with Gasteiger partial charge in [0.1, 0.15) is 9.79 Å². The van der Waals surface area contributed by atoms with Crippen molar-refractivity contribution in [2.24, 2.45) is 0 Å². The van der Waals surface area contributed by atoms with Gasteiger partial charge in [0.2, 0.25) is 19.7 Å². The van der Waals surface area contributed by atoms with E-state index in [1.807, 2.05) is 98.8 Å². The van der Waals surface area contributed by atoms with E-state index in [1.165, 1.54) is 0 Å². The molecule has 47 heavy (non-hydrogen) atoms. The Balaban J connectivity index is 0.000000151. The third-order valence-corrected chi connectivity index (χ3v) is 13.0.